The maximum absolute atomic E-state index is 12.9. The lowest BCUT2D eigenvalue weighted by atomic mass is 10.0. The Balaban J connectivity index is 1.50. The molecule has 4 rings (SSSR count). The Morgan fingerprint density at radius 1 is 1.07 bits per heavy atom. The van der Waals surface area contributed by atoms with E-state index in [4.69, 9.17) is 18.6 Å². The van der Waals surface area contributed by atoms with Crippen LogP contribution in [-0.4, -0.2) is 38.2 Å². The van der Waals surface area contributed by atoms with Gasteiger partial charge in [0.2, 0.25) is 0 Å². The Hall–Kier alpha value is -3.48. The molecule has 1 aliphatic rings. The van der Waals surface area contributed by atoms with Gasteiger partial charge in [0, 0.05) is 29.6 Å². The fourth-order valence-corrected chi connectivity index (χ4v) is 3.85. The summed E-state index contributed by atoms with van der Waals surface area (Å²) >= 11 is 0. The van der Waals surface area contributed by atoms with Crippen LogP contribution in [0.4, 0.5) is 0 Å². The van der Waals surface area contributed by atoms with Crippen LogP contribution in [0, 0.1) is 0 Å². The average molecular weight is 409 g/mol. The molecule has 30 heavy (non-hydrogen) atoms. The molecule has 0 unspecified atom stereocenters. The van der Waals surface area contributed by atoms with Crippen molar-refractivity contribution in [3.05, 3.63) is 64.5 Å². The zero-order valence-electron chi connectivity index (χ0n) is 16.9. The van der Waals surface area contributed by atoms with Gasteiger partial charge in [0.25, 0.3) is 5.91 Å². The van der Waals surface area contributed by atoms with E-state index in [0.29, 0.717) is 17.9 Å². The molecule has 1 fully saturated rings. The second kappa shape index (κ2) is 8.49. The van der Waals surface area contributed by atoms with Gasteiger partial charge in [-0.3, -0.25) is 4.79 Å². The van der Waals surface area contributed by atoms with Gasteiger partial charge in [-0.25, -0.2) is 4.79 Å². The topological polar surface area (TPSA) is 78.2 Å². The second-order valence-corrected chi connectivity index (χ2v) is 7.10. The van der Waals surface area contributed by atoms with E-state index < -0.39 is 5.63 Å². The molecule has 0 N–H and O–H groups in total. The van der Waals surface area contributed by atoms with E-state index in [9.17, 15) is 9.59 Å². The fraction of sp³-hybridized carbons (Fsp3) is 0.304. The van der Waals surface area contributed by atoms with Gasteiger partial charge in [0.15, 0.2) is 6.61 Å². The standard InChI is InChI=1S/C23H23NO6/c1-27-16-8-9-20(28-2)18(12-16)19-4-3-11-24(19)22(25)14-29-17-7-5-15-6-10-23(26)30-21(15)13-17/h5-10,12-13,19H,3-4,11,14H2,1-2H3/t19-/m0/s1. The number of benzene rings is 2. The fourth-order valence-electron chi connectivity index (χ4n) is 3.85. The lowest BCUT2D eigenvalue weighted by Gasteiger charge is -2.26. The molecule has 0 spiro atoms. The van der Waals surface area contributed by atoms with Crippen molar-refractivity contribution in [2.45, 2.75) is 18.9 Å². The number of hydrogen-bond acceptors (Lipinski definition) is 6. The monoisotopic (exact) mass is 409 g/mol. The summed E-state index contributed by atoms with van der Waals surface area (Å²) in [6, 6.07) is 13.7. The van der Waals surface area contributed by atoms with Crippen LogP contribution in [0.3, 0.4) is 0 Å². The summed E-state index contributed by atoms with van der Waals surface area (Å²) < 4.78 is 21.7. The van der Waals surface area contributed by atoms with Gasteiger partial charge in [-0.1, -0.05) is 0 Å². The maximum Gasteiger partial charge on any atom is 0.336 e. The molecule has 156 valence electrons. The molecule has 0 saturated carbocycles. The molecule has 0 radical (unpaired) electrons. The number of fused-ring (bicyclic) bond motifs is 1. The summed E-state index contributed by atoms with van der Waals surface area (Å²) in [6.07, 6.45) is 1.74. The van der Waals surface area contributed by atoms with E-state index in [1.54, 1.807) is 38.5 Å². The normalized spacial score (nSPS) is 15.9. The summed E-state index contributed by atoms with van der Waals surface area (Å²) in [5, 5.41) is 0.790. The van der Waals surface area contributed by atoms with E-state index in [1.165, 1.54) is 6.07 Å². The number of rotatable bonds is 6. The number of amides is 1. The first-order valence-corrected chi connectivity index (χ1v) is 9.77. The van der Waals surface area contributed by atoms with Gasteiger partial charge >= 0.3 is 5.63 Å². The van der Waals surface area contributed by atoms with Gasteiger partial charge in [0.1, 0.15) is 22.8 Å². The van der Waals surface area contributed by atoms with Crippen molar-refractivity contribution in [1.29, 1.82) is 0 Å². The average Bonchev–Trinajstić information content (AvgIpc) is 3.26. The van der Waals surface area contributed by atoms with Crippen LogP contribution in [0.25, 0.3) is 11.0 Å². The summed E-state index contributed by atoms with van der Waals surface area (Å²) in [7, 11) is 3.23. The largest absolute Gasteiger partial charge is 0.497 e. The number of ether oxygens (including phenoxy) is 3. The van der Waals surface area contributed by atoms with Crippen LogP contribution in [-0.2, 0) is 4.79 Å². The molecule has 1 aromatic heterocycles. The molecule has 1 saturated heterocycles. The van der Waals surface area contributed by atoms with Gasteiger partial charge in [0.05, 0.1) is 20.3 Å². The lowest BCUT2D eigenvalue weighted by Crippen LogP contribution is -2.34. The number of hydrogen-bond donors (Lipinski definition) is 0. The number of methoxy groups -OCH3 is 2. The molecule has 2 aromatic carbocycles. The molecule has 1 amide bonds. The van der Waals surface area contributed by atoms with Crippen molar-refractivity contribution in [3.63, 3.8) is 0 Å². The van der Waals surface area contributed by atoms with Crippen LogP contribution < -0.4 is 19.8 Å². The van der Waals surface area contributed by atoms with E-state index in [1.807, 2.05) is 23.1 Å². The summed E-state index contributed by atoms with van der Waals surface area (Å²) in [6.45, 7) is 0.547. The SMILES string of the molecule is COc1ccc(OC)c([C@@H]2CCCN2C(=O)COc2ccc3ccc(=O)oc3c2)c1. The number of carbonyl (C=O) groups excluding carboxylic acids is 1. The second-order valence-electron chi connectivity index (χ2n) is 7.10. The van der Waals surface area contributed by atoms with Crippen LogP contribution in [0.2, 0.25) is 0 Å². The third-order valence-electron chi connectivity index (χ3n) is 5.33. The molecular weight excluding hydrogens is 386 g/mol. The van der Waals surface area contributed by atoms with Crippen molar-refractivity contribution in [1.82, 2.24) is 4.90 Å². The van der Waals surface area contributed by atoms with Gasteiger partial charge in [-0.2, -0.15) is 0 Å². The molecule has 1 aliphatic heterocycles. The minimum atomic E-state index is -0.428. The van der Waals surface area contributed by atoms with E-state index in [-0.39, 0.29) is 18.6 Å². The van der Waals surface area contributed by atoms with Crippen molar-refractivity contribution in [3.8, 4) is 17.2 Å². The van der Waals surface area contributed by atoms with Crippen molar-refractivity contribution in [2.24, 2.45) is 0 Å². The van der Waals surface area contributed by atoms with E-state index >= 15 is 0 Å². The highest BCUT2D eigenvalue weighted by Gasteiger charge is 2.32. The quantitative estimate of drug-likeness (QED) is 0.580. The van der Waals surface area contributed by atoms with E-state index in [2.05, 4.69) is 0 Å². The first-order chi connectivity index (χ1) is 14.6. The Morgan fingerprint density at radius 2 is 1.87 bits per heavy atom. The summed E-state index contributed by atoms with van der Waals surface area (Å²) in [5.41, 5.74) is 0.922. The number of carbonyl (C=O) groups is 1. The van der Waals surface area contributed by atoms with Crippen molar-refractivity contribution in [2.75, 3.05) is 27.4 Å². The number of likely N-dealkylation sites (tertiary alicyclic amines) is 1. The Labute approximate surface area is 173 Å². The van der Waals surface area contributed by atoms with Gasteiger partial charge < -0.3 is 23.5 Å². The van der Waals surface area contributed by atoms with Gasteiger partial charge in [-0.15, -0.1) is 0 Å². The van der Waals surface area contributed by atoms with Crippen LogP contribution in [0.1, 0.15) is 24.4 Å². The first kappa shape index (κ1) is 19.8. The molecule has 1 atom stereocenters. The predicted octanol–water partition coefficient (Wildman–Crippen LogP) is 3.55. The highest BCUT2D eigenvalue weighted by molar-refractivity contribution is 5.80. The summed E-state index contributed by atoms with van der Waals surface area (Å²) in [5.74, 6) is 1.81. The predicted molar refractivity (Wildman–Crippen MR) is 111 cm³/mol. The zero-order chi connectivity index (χ0) is 21.1. The molecule has 3 aromatic rings. The minimum absolute atomic E-state index is 0.0965. The molecule has 7 heteroatoms. The zero-order valence-corrected chi connectivity index (χ0v) is 16.9. The third kappa shape index (κ3) is 3.96. The molecule has 0 bridgehead atoms. The van der Waals surface area contributed by atoms with Gasteiger partial charge in [-0.05, 0) is 49.2 Å². The van der Waals surface area contributed by atoms with E-state index in [0.717, 1.165) is 35.3 Å². The van der Waals surface area contributed by atoms with Crippen LogP contribution in [0.5, 0.6) is 17.2 Å². The molecule has 7 nitrogen and oxygen atoms in total. The first-order valence-electron chi connectivity index (χ1n) is 9.77. The highest BCUT2D eigenvalue weighted by Crippen LogP contribution is 2.39. The molecule has 0 aliphatic carbocycles. The maximum atomic E-state index is 12.9. The Bertz CT molecular complexity index is 1120. The van der Waals surface area contributed by atoms with Crippen LogP contribution >= 0.6 is 0 Å². The third-order valence-corrected chi connectivity index (χ3v) is 5.33. The molecular formula is C23H23NO6. The van der Waals surface area contributed by atoms with Crippen molar-refractivity contribution >= 4 is 16.9 Å². The van der Waals surface area contributed by atoms with Crippen molar-refractivity contribution < 1.29 is 23.4 Å². The minimum Gasteiger partial charge on any atom is -0.497 e. The highest BCUT2D eigenvalue weighted by atomic mass is 16.5. The van der Waals surface area contributed by atoms with Crippen LogP contribution in [0.15, 0.2) is 57.7 Å². The smallest absolute Gasteiger partial charge is 0.336 e. The molecule has 2 heterocycles. The summed E-state index contributed by atoms with van der Waals surface area (Å²) in [4.78, 5) is 26.2. The Morgan fingerprint density at radius 3 is 2.67 bits per heavy atom. The number of nitrogens with zero attached hydrogens (tertiary/aromatic N) is 1. The Kier molecular flexibility index (Phi) is 5.61. The lowest BCUT2D eigenvalue weighted by molar-refractivity contribution is -0.134.